The lowest BCUT2D eigenvalue weighted by atomic mass is 10.3. The van der Waals surface area contributed by atoms with Gasteiger partial charge in [-0.1, -0.05) is 11.6 Å². The minimum absolute atomic E-state index is 0.0174. The minimum atomic E-state index is -0.440. The lowest BCUT2D eigenvalue weighted by Gasteiger charge is -2.07. The molecule has 0 amide bonds. The van der Waals surface area contributed by atoms with Crippen LogP contribution >= 0.6 is 38.9 Å². The van der Waals surface area contributed by atoms with Crippen molar-refractivity contribution in [3.63, 3.8) is 0 Å². The number of nitrogens with zero attached hydrogens (tertiary/aromatic N) is 1. The summed E-state index contributed by atoms with van der Waals surface area (Å²) in [6.45, 7) is 0.405. The van der Waals surface area contributed by atoms with E-state index in [9.17, 15) is 9.50 Å². The highest BCUT2D eigenvalue weighted by atomic mass is 79.9. The fourth-order valence-electron chi connectivity index (χ4n) is 1.22. The summed E-state index contributed by atoms with van der Waals surface area (Å²) >= 11 is 10.0. The first-order valence-electron chi connectivity index (χ1n) is 4.58. The number of hydrogen-bond donors (Lipinski definition) is 2. The largest absolute Gasteiger partial charge is 0.507 e. The van der Waals surface area contributed by atoms with Crippen molar-refractivity contribution in [3.8, 4) is 5.75 Å². The Morgan fingerprint density at radius 3 is 2.94 bits per heavy atom. The summed E-state index contributed by atoms with van der Waals surface area (Å²) < 4.78 is 14.3. The second kappa shape index (κ2) is 5.20. The molecule has 7 heteroatoms. The fraction of sp³-hybridized carbons (Fsp3) is 0.100. The van der Waals surface area contributed by atoms with E-state index in [4.69, 9.17) is 11.6 Å². The van der Waals surface area contributed by atoms with Crippen molar-refractivity contribution in [2.75, 3.05) is 5.32 Å². The average Bonchev–Trinajstić information content (AvgIpc) is 2.68. The maximum atomic E-state index is 13.5. The summed E-state index contributed by atoms with van der Waals surface area (Å²) in [7, 11) is 0. The van der Waals surface area contributed by atoms with Crippen LogP contribution in [0.5, 0.6) is 5.75 Å². The van der Waals surface area contributed by atoms with Gasteiger partial charge in [0.05, 0.1) is 16.7 Å². The maximum Gasteiger partial charge on any atom is 0.183 e. The molecule has 0 aliphatic heterocycles. The zero-order valence-electron chi connectivity index (χ0n) is 8.38. The van der Waals surface area contributed by atoms with Gasteiger partial charge in [0.1, 0.15) is 11.6 Å². The van der Waals surface area contributed by atoms with Gasteiger partial charge in [0.15, 0.2) is 4.47 Å². The van der Waals surface area contributed by atoms with Crippen LogP contribution in [0.15, 0.2) is 22.8 Å². The predicted molar refractivity (Wildman–Crippen MR) is 70.2 cm³/mol. The molecule has 0 radical (unpaired) electrons. The molecule has 1 aromatic carbocycles. The Kier molecular flexibility index (Phi) is 3.86. The predicted octanol–water partition coefficient (Wildman–Crippen LogP) is 4.02. The van der Waals surface area contributed by atoms with Crippen molar-refractivity contribution in [1.29, 1.82) is 0 Å². The van der Waals surface area contributed by atoms with Gasteiger partial charge in [-0.2, -0.15) is 0 Å². The van der Waals surface area contributed by atoms with E-state index in [1.165, 1.54) is 23.5 Å². The van der Waals surface area contributed by atoms with Gasteiger partial charge in [-0.15, -0.1) is 11.3 Å². The van der Waals surface area contributed by atoms with Crippen LogP contribution in [0, 0.1) is 5.82 Å². The normalized spacial score (nSPS) is 10.5. The van der Waals surface area contributed by atoms with Crippen molar-refractivity contribution in [3.05, 3.63) is 38.0 Å². The second-order valence-electron chi connectivity index (χ2n) is 3.22. The molecule has 0 aliphatic rings. The zero-order valence-corrected chi connectivity index (χ0v) is 11.5. The van der Waals surface area contributed by atoms with E-state index < -0.39 is 5.82 Å². The Hall–Kier alpha value is -0.850. The van der Waals surface area contributed by atoms with Crippen molar-refractivity contribution in [2.45, 2.75) is 6.54 Å². The standard InChI is InChI=1S/C10H7BrClFN2OS/c11-6-1-7(13)8(2-9(6)16)14-3-5-4-15-10(12)17-5/h1-2,4,14,16H,3H2. The topological polar surface area (TPSA) is 45.1 Å². The molecular formula is C10H7BrClFN2OS. The molecular weight excluding hydrogens is 331 g/mol. The van der Waals surface area contributed by atoms with Crippen LogP contribution in [0.25, 0.3) is 0 Å². The van der Waals surface area contributed by atoms with Crippen LogP contribution in [-0.4, -0.2) is 10.1 Å². The molecule has 0 atom stereocenters. The van der Waals surface area contributed by atoms with E-state index in [0.717, 1.165) is 4.88 Å². The van der Waals surface area contributed by atoms with Crippen LogP contribution in [0.1, 0.15) is 4.88 Å². The highest BCUT2D eigenvalue weighted by Gasteiger charge is 2.08. The number of rotatable bonds is 3. The number of aromatic hydroxyl groups is 1. The van der Waals surface area contributed by atoms with Gasteiger partial charge in [0.25, 0.3) is 0 Å². The highest BCUT2D eigenvalue weighted by Crippen LogP contribution is 2.30. The maximum absolute atomic E-state index is 13.5. The van der Waals surface area contributed by atoms with Crippen LogP contribution in [0.2, 0.25) is 4.47 Å². The van der Waals surface area contributed by atoms with Crippen molar-refractivity contribution in [2.24, 2.45) is 0 Å². The van der Waals surface area contributed by atoms with E-state index in [-0.39, 0.29) is 11.4 Å². The molecule has 1 heterocycles. The number of anilines is 1. The van der Waals surface area contributed by atoms with Gasteiger partial charge in [0, 0.05) is 17.1 Å². The Bertz CT molecular complexity index is 549. The average molecular weight is 338 g/mol. The third kappa shape index (κ3) is 3.08. The lowest BCUT2D eigenvalue weighted by Crippen LogP contribution is -1.99. The third-order valence-electron chi connectivity index (χ3n) is 2.01. The summed E-state index contributed by atoms with van der Waals surface area (Å²) in [5, 5.41) is 12.3. The third-order valence-corrected chi connectivity index (χ3v) is 3.76. The second-order valence-corrected chi connectivity index (χ2v) is 5.77. The molecule has 2 rings (SSSR count). The molecule has 3 nitrogen and oxygen atoms in total. The molecule has 0 unspecified atom stereocenters. The summed E-state index contributed by atoms with van der Waals surface area (Å²) in [6.07, 6.45) is 1.62. The number of benzene rings is 1. The Morgan fingerprint density at radius 1 is 1.53 bits per heavy atom. The van der Waals surface area contributed by atoms with Crippen LogP contribution in [-0.2, 0) is 6.54 Å². The smallest absolute Gasteiger partial charge is 0.183 e. The summed E-state index contributed by atoms with van der Waals surface area (Å²) in [4.78, 5) is 4.76. The van der Waals surface area contributed by atoms with Crippen LogP contribution in [0.4, 0.5) is 10.1 Å². The molecule has 0 fully saturated rings. The van der Waals surface area contributed by atoms with Gasteiger partial charge in [0.2, 0.25) is 0 Å². The van der Waals surface area contributed by atoms with Crippen molar-refractivity contribution in [1.82, 2.24) is 4.98 Å². The van der Waals surface area contributed by atoms with E-state index in [2.05, 4.69) is 26.2 Å². The first-order valence-corrected chi connectivity index (χ1v) is 6.57. The number of phenolic OH excluding ortho intramolecular Hbond substituents is 1. The van der Waals surface area contributed by atoms with Gasteiger partial charge in [-0.3, -0.25) is 0 Å². The first kappa shape index (κ1) is 12.6. The van der Waals surface area contributed by atoms with E-state index in [1.807, 2.05) is 0 Å². The number of halogens is 3. The summed E-state index contributed by atoms with van der Waals surface area (Å²) in [5.74, 6) is -0.457. The van der Waals surface area contributed by atoms with E-state index in [0.29, 0.717) is 15.5 Å². The minimum Gasteiger partial charge on any atom is -0.507 e. The summed E-state index contributed by atoms with van der Waals surface area (Å²) in [6, 6.07) is 2.53. The highest BCUT2D eigenvalue weighted by molar-refractivity contribution is 9.10. The molecule has 0 saturated heterocycles. The number of aromatic nitrogens is 1. The molecule has 2 aromatic rings. The zero-order chi connectivity index (χ0) is 12.4. The number of hydrogen-bond acceptors (Lipinski definition) is 4. The SMILES string of the molecule is Oc1cc(NCc2cnc(Cl)s2)c(F)cc1Br. The molecule has 0 bridgehead atoms. The molecule has 17 heavy (non-hydrogen) atoms. The lowest BCUT2D eigenvalue weighted by molar-refractivity contribution is 0.470. The first-order chi connectivity index (χ1) is 8.06. The fourth-order valence-corrected chi connectivity index (χ4v) is 2.45. The van der Waals surface area contributed by atoms with Crippen molar-refractivity contribution < 1.29 is 9.50 Å². The van der Waals surface area contributed by atoms with Gasteiger partial charge >= 0.3 is 0 Å². The molecule has 0 aliphatic carbocycles. The Labute approximate surface area is 114 Å². The molecule has 90 valence electrons. The number of phenols is 1. The Balaban J connectivity index is 2.11. The van der Waals surface area contributed by atoms with Crippen molar-refractivity contribution >= 4 is 44.6 Å². The van der Waals surface area contributed by atoms with Crippen LogP contribution in [0.3, 0.4) is 0 Å². The summed E-state index contributed by atoms with van der Waals surface area (Å²) in [5.41, 5.74) is 0.232. The monoisotopic (exact) mass is 336 g/mol. The molecule has 1 aromatic heterocycles. The van der Waals surface area contributed by atoms with Gasteiger partial charge in [-0.25, -0.2) is 9.37 Å². The molecule has 2 N–H and O–H groups in total. The van der Waals surface area contributed by atoms with Gasteiger partial charge < -0.3 is 10.4 Å². The van der Waals surface area contributed by atoms with E-state index >= 15 is 0 Å². The van der Waals surface area contributed by atoms with E-state index in [1.54, 1.807) is 6.20 Å². The molecule has 0 saturated carbocycles. The quantitative estimate of drug-likeness (QED) is 0.889. The molecule has 0 spiro atoms. The number of thiazole rings is 1. The Morgan fingerprint density at radius 2 is 2.29 bits per heavy atom. The van der Waals surface area contributed by atoms with Crippen LogP contribution < -0.4 is 5.32 Å². The number of nitrogens with one attached hydrogen (secondary N) is 1. The van der Waals surface area contributed by atoms with Gasteiger partial charge in [-0.05, 0) is 22.0 Å².